The zero-order valence-corrected chi connectivity index (χ0v) is 21.5. The van der Waals surface area contributed by atoms with Gasteiger partial charge in [0, 0.05) is 25.8 Å². The Morgan fingerprint density at radius 1 is 1.14 bits per heavy atom. The van der Waals surface area contributed by atoms with Gasteiger partial charge in [-0.05, 0) is 55.2 Å². The first-order chi connectivity index (χ1) is 17.7. The summed E-state index contributed by atoms with van der Waals surface area (Å²) in [5, 5.41) is 20.6. The summed E-state index contributed by atoms with van der Waals surface area (Å²) in [5.74, 6) is -0.273. The van der Waals surface area contributed by atoms with Gasteiger partial charge in [0.25, 0.3) is 5.56 Å². The molecule has 0 saturated carbocycles. The molecule has 4 rings (SSSR count). The highest BCUT2D eigenvalue weighted by Gasteiger charge is 2.26. The Labute approximate surface area is 215 Å². The summed E-state index contributed by atoms with van der Waals surface area (Å²) in [6.07, 6.45) is 1.90. The van der Waals surface area contributed by atoms with Gasteiger partial charge in [-0.2, -0.15) is 9.57 Å². The Hall–Kier alpha value is -3.78. The smallest absolute Gasteiger partial charge is 0.271 e. The van der Waals surface area contributed by atoms with E-state index in [0.29, 0.717) is 49.5 Å². The first-order valence-corrected chi connectivity index (χ1v) is 13.3. The maximum absolute atomic E-state index is 13.0. The minimum atomic E-state index is -3.64. The molecule has 1 N–H and O–H groups in total. The molecular weight excluding hydrogens is 492 g/mol. The number of hydrogen-bond acceptors (Lipinski definition) is 7. The third-order valence-corrected chi connectivity index (χ3v) is 8.32. The summed E-state index contributed by atoms with van der Waals surface area (Å²) in [6.45, 7) is 4.87. The van der Waals surface area contributed by atoms with E-state index in [1.165, 1.54) is 21.2 Å². The van der Waals surface area contributed by atoms with Gasteiger partial charge in [0.15, 0.2) is 0 Å². The SMILES string of the molecule is Cc1cc(S(=O)(=O)N2CCOCC2)ccc1N=Cc1c(C)c(C#N)c(=O)n(CCc2ccccc2)c1O. The summed E-state index contributed by atoms with van der Waals surface area (Å²) in [7, 11) is -3.64. The molecule has 1 saturated heterocycles. The van der Waals surface area contributed by atoms with Gasteiger partial charge in [0.2, 0.25) is 15.9 Å². The molecule has 3 aromatic rings. The molecule has 1 aromatic heterocycles. The van der Waals surface area contributed by atoms with Crippen LogP contribution in [0, 0.1) is 25.2 Å². The van der Waals surface area contributed by atoms with E-state index in [2.05, 4.69) is 4.99 Å². The van der Waals surface area contributed by atoms with E-state index >= 15 is 0 Å². The molecule has 0 bridgehead atoms. The lowest BCUT2D eigenvalue weighted by Gasteiger charge is -2.26. The highest BCUT2D eigenvalue weighted by molar-refractivity contribution is 7.89. The van der Waals surface area contributed by atoms with Crippen LogP contribution in [0.25, 0.3) is 0 Å². The van der Waals surface area contributed by atoms with Crippen molar-refractivity contribution in [3.05, 3.63) is 86.7 Å². The molecular formula is C27H28N4O5S. The summed E-state index contributed by atoms with van der Waals surface area (Å²) in [4.78, 5) is 17.5. The minimum absolute atomic E-state index is 0.0593. The number of sulfonamides is 1. The molecule has 0 spiro atoms. The quantitative estimate of drug-likeness (QED) is 0.478. The van der Waals surface area contributed by atoms with Crippen LogP contribution in [0.2, 0.25) is 0 Å². The maximum atomic E-state index is 13.0. The minimum Gasteiger partial charge on any atom is -0.494 e. The van der Waals surface area contributed by atoms with Crippen molar-refractivity contribution in [1.82, 2.24) is 8.87 Å². The Morgan fingerprint density at radius 2 is 1.84 bits per heavy atom. The van der Waals surface area contributed by atoms with E-state index < -0.39 is 15.6 Å². The van der Waals surface area contributed by atoms with Gasteiger partial charge in [-0.1, -0.05) is 30.3 Å². The molecule has 2 heterocycles. The van der Waals surface area contributed by atoms with Crippen molar-refractivity contribution in [3.63, 3.8) is 0 Å². The molecule has 0 aliphatic carbocycles. The molecule has 9 nitrogen and oxygen atoms in total. The number of morpholine rings is 1. The molecule has 1 aliphatic heterocycles. The number of ether oxygens (including phenoxy) is 1. The average molecular weight is 521 g/mol. The van der Waals surface area contributed by atoms with Crippen molar-refractivity contribution in [2.45, 2.75) is 31.7 Å². The topological polar surface area (TPSA) is 125 Å². The van der Waals surface area contributed by atoms with E-state index in [0.717, 1.165) is 5.56 Å². The van der Waals surface area contributed by atoms with Gasteiger partial charge < -0.3 is 9.84 Å². The predicted octanol–water partition coefficient (Wildman–Crippen LogP) is 3.06. The fourth-order valence-corrected chi connectivity index (χ4v) is 5.72. The maximum Gasteiger partial charge on any atom is 0.271 e. The molecule has 2 aromatic carbocycles. The van der Waals surface area contributed by atoms with Crippen LogP contribution >= 0.6 is 0 Å². The summed E-state index contributed by atoms with van der Waals surface area (Å²) < 4.78 is 33.8. The number of benzene rings is 2. The van der Waals surface area contributed by atoms with Gasteiger partial charge in [0.05, 0.1) is 29.4 Å². The number of pyridine rings is 1. The first-order valence-electron chi connectivity index (χ1n) is 11.9. The molecule has 0 unspecified atom stereocenters. The Morgan fingerprint density at radius 3 is 2.49 bits per heavy atom. The fourth-order valence-electron chi connectivity index (χ4n) is 4.22. The van der Waals surface area contributed by atoms with Gasteiger partial charge in [-0.15, -0.1) is 0 Å². The van der Waals surface area contributed by atoms with Gasteiger partial charge in [-0.25, -0.2) is 8.42 Å². The lowest BCUT2D eigenvalue weighted by molar-refractivity contribution is 0.0730. The molecule has 0 amide bonds. The number of aryl methyl sites for hydroxylation is 2. The number of aromatic hydroxyl groups is 1. The lowest BCUT2D eigenvalue weighted by atomic mass is 10.1. The van der Waals surface area contributed by atoms with Crippen molar-refractivity contribution in [2.75, 3.05) is 26.3 Å². The zero-order valence-electron chi connectivity index (χ0n) is 20.7. The zero-order chi connectivity index (χ0) is 26.6. The van der Waals surface area contributed by atoms with Crippen LogP contribution in [-0.2, 0) is 27.7 Å². The van der Waals surface area contributed by atoms with E-state index in [9.17, 15) is 23.6 Å². The highest BCUT2D eigenvalue weighted by atomic mass is 32.2. The van der Waals surface area contributed by atoms with Crippen molar-refractivity contribution in [2.24, 2.45) is 4.99 Å². The number of rotatable bonds is 7. The Kier molecular flexibility index (Phi) is 7.88. The van der Waals surface area contributed by atoms with E-state index in [1.54, 1.807) is 26.0 Å². The fraction of sp³-hybridized carbons (Fsp3) is 0.296. The second-order valence-electron chi connectivity index (χ2n) is 8.76. The van der Waals surface area contributed by atoms with Crippen LogP contribution in [0.4, 0.5) is 5.69 Å². The number of nitriles is 1. The standard InChI is InChI=1S/C27H28N4O5S/c1-19-16-22(37(34,35)30-12-14-36-15-13-30)8-9-25(19)29-18-24-20(2)23(17-28)26(32)31(27(24)33)11-10-21-6-4-3-5-7-21/h3-9,16,18,33H,10-15H2,1-2H3. The van der Waals surface area contributed by atoms with Crippen LogP contribution in [-0.4, -0.2) is 54.9 Å². The van der Waals surface area contributed by atoms with Crippen molar-refractivity contribution < 1.29 is 18.3 Å². The molecule has 37 heavy (non-hydrogen) atoms. The highest BCUT2D eigenvalue weighted by Crippen LogP contribution is 2.26. The third kappa shape index (κ3) is 5.49. The van der Waals surface area contributed by atoms with E-state index in [4.69, 9.17) is 4.74 Å². The largest absolute Gasteiger partial charge is 0.494 e. The Balaban J connectivity index is 1.65. The number of aromatic nitrogens is 1. The number of aliphatic imine (C=N–C) groups is 1. The molecule has 192 valence electrons. The van der Waals surface area contributed by atoms with Crippen molar-refractivity contribution in [3.8, 4) is 11.9 Å². The monoisotopic (exact) mass is 520 g/mol. The van der Waals surface area contributed by atoms with Crippen LogP contribution in [0.5, 0.6) is 5.88 Å². The lowest BCUT2D eigenvalue weighted by Crippen LogP contribution is -2.40. The average Bonchev–Trinajstić information content (AvgIpc) is 2.90. The summed E-state index contributed by atoms with van der Waals surface area (Å²) in [6, 6.07) is 16.1. The second-order valence-corrected chi connectivity index (χ2v) is 10.7. The van der Waals surface area contributed by atoms with Crippen molar-refractivity contribution >= 4 is 21.9 Å². The van der Waals surface area contributed by atoms with Crippen LogP contribution in [0.1, 0.15) is 27.8 Å². The predicted molar refractivity (Wildman–Crippen MR) is 140 cm³/mol. The Bertz CT molecular complexity index is 1530. The van der Waals surface area contributed by atoms with Crippen LogP contribution in [0.3, 0.4) is 0 Å². The summed E-state index contributed by atoms with van der Waals surface area (Å²) in [5.41, 5.74) is 2.09. The number of nitrogens with zero attached hydrogens (tertiary/aromatic N) is 4. The number of hydrogen-bond donors (Lipinski definition) is 1. The summed E-state index contributed by atoms with van der Waals surface area (Å²) >= 11 is 0. The normalized spacial score (nSPS) is 14.6. The molecule has 1 aliphatic rings. The van der Waals surface area contributed by atoms with Crippen LogP contribution < -0.4 is 5.56 Å². The molecule has 10 heteroatoms. The van der Waals surface area contributed by atoms with E-state index in [-0.39, 0.29) is 28.4 Å². The van der Waals surface area contributed by atoms with Gasteiger partial charge in [-0.3, -0.25) is 14.4 Å². The van der Waals surface area contributed by atoms with Gasteiger partial charge in [0.1, 0.15) is 11.6 Å². The van der Waals surface area contributed by atoms with Gasteiger partial charge >= 0.3 is 0 Å². The second kappa shape index (κ2) is 11.1. The van der Waals surface area contributed by atoms with Crippen molar-refractivity contribution in [1.29, 1.82) is 5.26 Å². The van der Waals surface area contributed by atoms with E-state index in [1.807, 2.05) is 36.4 Å². The first kappa shape index (κ1) is 26.3. The molecule has 1 fully saturated rings. The molecule has 0 atom stereocenters. The third-order valence-electron chi connectivity index (χ3n) is 6.42. The molecule has 0 radical (unpaired) electrons. The van der Waals surface area contributed by atoms with Crippen LogP contribution in [0.15, 0.2) is 63.2 Å².